The summed E-state index contributed by atoms with van der Waals surface area (Å²) in [4.78, 5) is 2.70. The first-order chi connectivity index (χ1) is 12.3. The Bertz CT molecular complexity index is 650. The van der Waals surface area contributed by atoms with E-state index in [1.165, 1.54) is 51.7 Å². The van der Waals surface area contributed by atoms with Gasteiger partial charge >= 0.3 is 0 Å². The van der Waals surface area contributed by atoms with Crippen molar-refractivity contribution in [3.8, 4) is 5.75 Å². The van der Waals surface area contributed by atoms with Gasteiger partial charge in [-0.2, -0.15) is 0 Å². The lowest BCUT2D eigenvalue weighted by atomic mass is 9.64. The Hall–Kier alpha value is -1.80. The predicted molar refractivity (Wildman–Crippen MR) is 103 cm³/mol. The minimum atomic E-state index is 0.406. The molecular formula is C23H29NO. The SMILES string of the molecule is c1ccc(OC[C@@H]2CCCN(CC3(c4ccccc4)CCC3)C2)cc1. The molecule has 1 heterocycles. The molecule has 25 heavy (non-hydrogen) atoms. The van der Waals surface area contributed by atoms with Crippen LogP contribution in [0.2, 0.25) is 0 Å². The van der Waals surface area contributed by atoms with Gasteiger partial charge in [-0.1, -0.05) is 55.0 Å². The van der Waals surface area contributed by atoms with Crippen LogP contribution in [0.15, 0.2) is 60.7 Å². The van der Waals surface area contributed by atoms with Crippen molar-refractivity contribution in [2.45, 2.75) is 37.5 Å². The molecule has 1 aliphatic heterocycles. The van der Waals surface area contributed by atoms with Crippen molar-refractivity contribution in [1.29, 1.82) is 0 Å². The third-order valence-corrected chi connectivity index (χ3v) is 6.06. The van der Waals surface area contributed by atoms with Gasteiger partial charge in [0.1, 0.15) is 5.75 Å². The largest absolute Gasteiger partial charge is 0.493 e. The third kappa shape index (κ3) is 3.90. The van der Waals surface area contributed by atoms with E-state index in [1.54, 1.807) is 5.56 Å². The van der Waals surface area contributed by atoms with E-state index in [0.29, 0.717) is 11.3 Å². The molecule has 0 spiro atoms. The monoisotopic (exact) mass is 335 g/mol. The summed E-state index contributed by atoms with van der Waals surface area (Å²) in [5.74, 6) is 1.65. The maximum atomic E-state index is 6.02. The molecule has 1 saturated carbocycles. The number of benzene rings is 2. The highest BCUT2D eigenvalue weighted by atomic mass is 16.5. The molecule has 1 saturated heterocycles. The zero-order chi connectivity index (χ0) is 17.0. The summed E-state index contributed by atoms with van der Waals surface area (Å²) in [6, 6.07) is 21.4. The first kappa shape index (κ1) is 16.7. The van der Waals surface area contributed by atoms with Crippen LogP contribution in [0.5, 0.6) is 5.75 Å². The first-order valence-corrected chi connectivity index (χ1v) is 9.80. The highest BCUT2D eigenvalue weighted by Gasteiger charge is 2.40. The van der Waals surface area contributed by atoms with Crippen LogP contribution in [-0.2, 0) is 5.41 Å². The van der Waals surface area contributed by atoms with Crippen LogP contribution in [0, 0.1) is 5.92 Å². The molecule has 2 fully saturated rings. The van der Waals surface area contributed by atoms with E-state index in [9.17, 15) is 0 Å². The van der Waals surface area contributed by atoms with Crippen molar-refractivity contribution in [2.75, 3.05) is 26.2 Å². The zero-order valence-corrected chi connectivity index (χ0v) is 15.1. The van der Waals surface area contributed by atoms with Gasteiger partial charge in [-0.05, 0) is 49.9 Å². The highest BCUT2D eigenvalue weighted by molar-refractivity contribution is 5.28. The normalized spacial score (nSPS) is 23.0. The molecule has 0 aromatic heterocycles. The molecular weight excluding hydrogens is 306 g/mol. The lowest BCUT2D eigenvalue weighted by molar-refractivity contribution is 0.0816. The summed E-state index contributed by atoms with van der Waals surface area (Å²) >= 11 is 0. The predicted octanol–water partition coefficient (Wildman–Crippen LogP) is 4.90. The average molecular weight is 335 g/mol. The van der Waals surface area contributed by atoms with Gasteiger partial charge < -0.3 is 9.64 Å². The Morgan fingerprint density at radius 3 is 2.32 bits per heavy atom. The molecule has 1 aliphatic carbocycles. The Kier molecular flexibility index (Phi) is 5.07. The summed E-state index contributed by atoms with van der Waals surface area (Å²) in [5, 5.41) is 0. The van der Waals surface area contributed by atoms with Gasteiger partial charge in [0.15, 0.2) is 0 Å². The van der Waals surface area contributed by atoms with E-state index in [0.717, 1.165) is 12.4 Å². The quantitative estimate of drug-likeness (QED) is 0.744. The molecule has 2 heteroatoms. The molecule has 0 bridgehead atoms. The van der Waals surface area contributed by atoms with Crippen LogP contribution in [0.4, 0.5) is 0 Å². The fourth-order valence-electron chi connectivity index (χ4n) is 4.52. The van der Waals surface area contributed by atoms with Gasteiger partial charge in [-0.15, -0.1) is 0 Å². The number of piperidine rings is 1. The van der Waals surface area contributed by atoms with Gasteiger partial charge in [-0.25, -0.2) is 0 Å². The smallest absolute Gasteiger partial charge is 0.119 e. The van der Waals surface area contributed by atoms with Crippen molar-refractivity contribution >= 4 is 0 Å². The number of hydrogen-bond donors (Lipinski definition) is 0. The molecule has 4 rings (SSSR count). The van der Waals surface area contributed by atoms with Gasteiger partial charge in [0.25, 0.3) is 0 Å². The Morgan fingerprint density at radius 2 is 1.64 bits per heavy atom. The van der Waals surface area contributed by atoms with Crippen LogP contribution in [0.1, 0.15) is 37.7 Å². The summed E-state index contributed by atoms with van der Waals surface area (Å²) < 4.78 is 6.02. The third-order valence-electron chi connectivity index (χ3n) is 6.06. The molecule has 132 valence electrons. The number of para-hydroxylation sites is 1. The van der Waals surface area contributed by atoms with Crippen molar-refractivity contribution < 1.29 is 4.74 Å². The fraction of sp³-hybridized carbons (Fsp3) is 0.478. The van der Waals surface area contributed by atoms with Crippen LogP contribution in [0.25, 0.3) is 0 Å². The Balaban J connectivity index is 1.35. The highest BCUT2D eigenvalue weighted by Crippen LogP contribution is 2.44. The number of hydrogen-bond acceptors (Lipinski definition) is 2. The summed E-state index contributed by atoms with van der Waals surface area (Å²) in [6.45, 7) is 4.50. The van der Waals surface area contributed by atoms with Crippen LogP contribution in [-0.4, -0.2) is 31.1 Å². The van der Waals surface area contributed by atoms with E-state index in [1.807, 2.05) is 18.2 Å². The second-order valence-electron chi connectivity index (χ2n) is 7.87. The molecule has 0 radical (unpaired) electrons. The van der Waals surface area contributed by atoms with Crippen LogP contribution < -0.4 is 4.74 Å². The Labute approximate surface area is 151 Å². The van der Waals surface area contributed by atoms with Crippen LogP contribution >= 0.6 is 0 Å². The van der Waals surface area contributed by atoms with Crippen molar-refractivity contribution in [1.82, 2.24) is 4.90 Å². The second kappa shape index (κ2) is 7.61. The number of nitrogens with zero attached hydrogens (tertiary/aromatic N) is 1. The average Bonchev–Trinajstić information content (AvgIpc) is 2.65. The molecule has 2 aromatic carbocycles. The summed E-state index contributed by atoms with van der Waals surface area (Å²) in [6.07, 6.45) is 6.66. The first-order valence-electron chi connectivity index (χ1n) is 9.80. The second-order valence-corrected chi connectivity index (χ2v) is 7.87. The number of likely N-dealkylation sites (tertiary alicyclic amines) is 1. The minimum absolute atomic E-state index is 0.406. The van der Waals surface area contributed by atoms with E-state index in [4.69, 9.17) is 4.74 Å². The lowest BCUT2D eigenvalue weighted by Crippen LogP contribution is -2.49. The standard InChI is InChI=1S/C23H29NO/c1-3-10-21(11-4-1)23(14-8-15-23)19-24-16-7-9-20(17-24)18-25-22-12-5-2-6-13-22/h1-6,10-13,20H,7-9,14-19H2/t20-/m1/s1. The minimum Gasteiger partial charge on any atom is -0.493 e. The van der Waals surface area contributed by atoms with Crippen molar-refractivity contribution in [3.63, 3.8) is 0 Å². The topological polar surface area (TPSA) is 12.5 Å². The van der Waals surface area contributed by atoms with Crippen molar-refractivity contribution in [3.05, 3.63) is 66.2 Å². The maximum absolute atomic E-state index is 6.02. The molecule has 2 aromatic rings. The van der Waals surface area contributed by atoms with Crippen LogP contribution in [0.3, 0.4) is 0 Å². The van der Waals surface area contributed by atoms with Gasteiger partial charge in [0, 0.05) is 24.4 Å². The van der Waals surface area contributed by atoms with E-state index < -0.39 is 0 Å². The van der Waals surface area contributed by atoms with E-state index in [2.05, 4.69) is 47.4 Å². The molecule has 2 aliphatic rings. The Morgan fingerprint density at radius 1 is 0.920 bits per heavy atom. The molecule has 2 nitrogen and oxygen atoms in total. The number of ether oxygens (including phenoxy) is 1. The molecule has 0 amide bonds. The van der Waals surface area contributed by atoms with E-state index >= 15 is 0 Å². The molecule has 0 N–H and O–H groups in total. The number of rotatable bonds is 6. The fourth-order valence-corrected chi connectivity index (χ4v) is 4.52. The molecule has 1 atom stereocenters. The molecule has 0 unspecified atom stereocenters. The summed E-state index contributed by atoms with van der Waals surface area (Å²) in [5.41, 5.74) is 1.95. The summed E-state index contributed by atoms with van der Waals surface area (Å²) in [7, 11) is 0. The zero-order valence-electron chi connectivity index (χ0n) is 15.1. The lowest BCUT2D eigenvalue weighted by Gasteiger charge is -2.47. The van der Waals surface area contributed by atoms with Gasteiger partial charge in [0.2, 0.25) is 0 Å². The van der Waals surface area contributed by atoms with Gasteiger partial charge in [0.05, 0.1) is 6.61 Å². The maximum Gasteiger partial charge on any atom is 0.119 e. The van der Waals surface area contributed by atoms with Gasteiger partial charge in [-0.3, -0.25) is 0 Å². The van der Waals surface area contributed by atoms with Crippen molar-refractivity contribution in [2.24, 2.45) is 5.92 Å². The van der Waals surface area contributed by atoms with E-state index in [-0.39, 0.29) is 0 Å².